The van der Waals surface area contributed by atoms with Crippen molar-refractivity contribution in [3.63, 3.8) is 0 Å². The van der Waals surface area contributed by atoms with Crippen molar-refractivity contribution < 1.29 is 41.8 Å². The molecule has 1 N–H and O–H groups in total. The standard InChI is InChI=1S/C31H52O9SSi/c1-23(32)38-21-27(40-24(2)33)20-25-13-11-14-26(19-25)31(8,28(34)35)16-12-15-30(6,7)22-41(36,37)18-17-39-42(9,10)29(3,4)5/h11,13-14,19,27H,12,15-18,20-22H2,1-10H3,(H,34,35)/t27-,31+/m0/s1. The first-order valence-corrected chi connectivity index (χ1v) is 19.2. The number of carboxylic acid groups (broad SMARTS) is 1. The summed E-state index contributed by atoms with van der Waals surface area (Å²) in [5.74, 6) is -2.01. The summed E-state index contributed by atoms with van der Waals surface area (Å²) in [6.07, 6.45) is 0.908. The fourth-order valence-corrected chi connectivity index (χ4v) is 7.57. The lowest BCUT2D eigenvalue weighted by Crippen LogP contribution is -2.42. The summed E-state index contributed by atoms with van der Waals surface area (Å²) in [6.45, 7) is 18.6. The SMILES string of the molecule is CC(=O)OC[C@H](Cc1cccc([C@@](C)(CCCC(C)(C)CS(=O)(=O)CCO[Si](C)(C)C(C)(C)C)C(=O)O)c1)OC(C)=O. The molecule has 0 amide bonds. The van der Waals surface area contributed by atoms with Crippen molar-refractivity contribution in [1.82, 2.24) is 0 Å². The average Bonchev–Trinajstić information content (AvgIpc) is 2.80. The van der Waals surface area contributed by atoms with E-state index in [4.69, 9.17) is 13.9 Å². The van der Waals surface area contributed by atoms with Gasteiger partial charge in [-0.2, -0.15) is 0 Å². The molecular formula is C31H52O9SSi. The topological polar surface area (TPSA) is 133 Å². The molecule has 42 heavy (non-hydrogen) atoms. The molecular weight excluding hydrogens is 576 g/mol. The summed E-state index contributed by atoms with van der Waals surface area (Å²) < 4.78 is 42.2. The first-order valence-electron chi connectivity index (χ1n) is 14.5. The number of benzene rings is 1. The van der Waals surface area contributed by atoms with E-state index in [2.05, 4.69) is 33.9 Å². The van der Waals surface area contributed by atoms with Gasteiger partial charge in [0.15, 0.2) is 18.2 Å². The molecule has 0 heterocycles. The van der Waals surface area contributed by atoms with Gasteiger partial charge in [-0.3, -0.25) is 14.4 Å². The maximum Gasteiger partial charge on any atom is 0.313 e. The second-order valence-corrected chi connectivity index (χ2v) is 20.8. The van der Waals surface area contributed by atoms with Gasteiger partial charge in [0, 0.05) is 26.9 Å². The van der Waals surface area contributed by atoms with E-state index >= 15 is 0 Å². The number of sulfone groups is 1. The van der Waals surface area contributed by atoms with Crippen LogP contribution in [0, 0.1) is 5.41 Å². The third-order valence-corrected chi connectivity index (χ3v) is 14.7. The third kappa shape index (κ3) is 12.5. The zero-order valence-electron chi connectivity index (χ0n) is 27.2. The highest BCUT2D eigenvalue weighted by molar-refractivity contribution is 7.91. The molecule has 1 aromatic rings. The van der Waals surface area contributed by atoms with Crippen LogP contribution in [0.1, 0.15) is 85.8 Å². The number of carbonyl (C=O) groups is 3. The molecule has 0 saturated carbocycles. The first-order chi connectivity index (χ1) is 19.0. The molecule has 11 heteroatoms. The van der Waals surface area contributed by atoms with Crippen LogP contribution in [-0.4, -0.2) is 70.6 Å². The Morgan fingerprint density at radius 1 is 0.976 bits per heavy atom. The van der Waals surface area contributed by atoms with Gasteiger partial charge in [-0.25, -0.2) is 8.42 Å². The van der Waals surface area contributed by atoms with Crippen LogP contribution < -0.4 is 0 Å². The molecule has 0 radical (unpaired) electrons. The molecule has 240 valence electrons. The van der Waals surface area contributed by atoms with Gasteiger partial charge in [0.05, 0.1) is 16.9 Å². The second-order valence-electron chi connectivity index (χ2n) is 13.8. The van der Waals surface area contributed by atoms with Gasteiger partial charge in [-0.1, -0.05) is 65.3 Å². The summed E-state index contributed by atoms with van der Waals surface area (Å²) in [5.41, 5.74) is -0.417. The van der Waals surface area contributed by atoms with E-state index in [0.29, 0.717) is 24.8 Å². The lowest BCUT2D eigenvalue weighted by molar-refractivity contribution is -0.156. The Morgan fingerprint density at radius 3 is 2.12 bits per heavy atom. The zero-order chi connectivity index (χ0) is 32.6. The molecule has 1 rings (SSSR count). The highest BCUT2D eigenvalue weighted by Gasteiger charge is 2.38. The quantitative estimate of drug-likeness (QED) is 0.170. The van der Waals surface area contributed by atoms with Gasteiger partial charge in [-0.05, 0) is 54.4 Å². The normalized spacial score (nSPS) is 15.0. The molecule has 0 unspecified atom stereocenters. The minimum atomic E-state index is -3.36. The van der Waals surface area contributed by atoms with Gasteiger partial charge in [0.2, 0.25) is 0 Å². The fraction of sp³-hybridized carbons (Fsp3) is 0.710. The molecule has 0 aliphatic heterocycles. The third-order valence-electron chi connectivity index (χ3n) is 8.11. The van der Waals surface area contributed by atoms with Gasteiger partial charge in [0.25, 0.3) is 0 Å². The molecule has 0 spiro atoms. The Hall–Kier alpha value is -2.24. The largest absolute Gasteiger partial charge is 0.481 e. The monoisotopic (exact) mass is 628 g/mol. The number of hydrogen-bond donors (Lipinski definition) is 1. The van der Waals surface area contributed by atoms with Crippen LogP contribution in [-0.2, 0) is 50.0 Å². The molecule has 0 saturated heterocycles. The Kier molecular flexibility index (Phi) is 13.5. The summed E-state index contributed by atoms with van der Waals surface area (Å²) in [6, 6.07) is 7.09. The Balaban J connectivity index is 2.91. The highest BCUT2D eigenvalue weighted by Crippen LogP contribution is 2.37. The van der Waals surface area contributed by atoms with Crippen LogP contribution in [0.15, 0.2) is 24.3 Å². The number of rotatable bonds is 17. The number of carbonyl (C=O) groups excluding carboxylic acids is 2. The molecule has 0 fully saturated rings. The second kappa shape index (κ2) is 15.0. The van der Waals surface area contributed by atoms with E-state index in [1.165, 1.54) is 13.8 Å². The highest BCUT2D eigenvalue weighted by atomic mass is 32.2. The van der Waals surface area contributed by atoms with E-state index in [1.807, 2.05) is 13.8 Å². The molecule has 1 aromatic carbocycles. The maximum absolute atomic E-state index is 12.9. The number of ether oxygens (including phenoxy) is 2. The fourth-order valence-electron chi connectivity index (χ4n) is 4.56. The molecule has 0 aliphatic rings. The van der Waals surface area contributed by atoms with Crippen molar-refractivity contribution in [1.29, 1.82) is 0 Å². The van der Waals surface area contributed by atoms with E-state index in [9.17, 15) is 27.9 Å². The van der Waals surface area contributed by atoms with E-state index in [-0.39, 0.29) is 36.2 Å². The van der Waals surface area contributed by atoms with Gasteiger partial charge in [-0.15, -0.1) is 0 Å². The van der Waals surface area contributed by atoms with Crippen LogP contribution in [0.3, 0.4) is 0 Å². The maximum atomic E-state index is 12.9. The average molecular weight is 629 g/mol. The van der Waals surface area contributed by atoms with Crippen LogP contribution in [0.5, 0.6) is 0 Å². The van der Waals surface area contributed by atoms with Crippen molar-refractivity contribution in [2.75, 3.05) is 24.7 Å². The van der Waals surface area contributed by atoms with Gasteiger partial charge < -0.3 is 19.0 Å². The molecule has 0 aromatic heterocycles. The Morgan fingerprint density at radius 2 is 1.60 bits per heavy atom. The van der Waals surface area contributed by atoms with E-state index < -0.39 is 53.0 Å². The predicted octanol–water partition coefficient (Wildman–Crippen LogP) is 5.70. The van der Waals surface area contributed by atoms with Crippen molar-refractivity contribution in [2.24, 2.45) is 5.41 Å². The number of esters is 2. The Labute approximate surface area is 253 Å². The molecule has 2 atom stereocenters. The van der Waals surface area contributed by atoms with Crippen molar-refractivity contribution in [3.8, 4) is 0 Å². The van der Waals surface area contributed by atoms with Gasteiger partial charge in [0.1, 0.15) is 12.7 Å². The minimum absolute atomic E-state index is 0.00000387. The van der Waals surface area contributed by atoms with Crippen LogP contribution >= 0.6 is 0 Å². The summed E-state index contributed by atoms with van der Waals surface area (Å²) in [4.78, 5) is 35.3. The lowest BCUT2D eigenvalue weighted by Gasteiger charge is -2.36. The minimum Gasteiger partial charge on any atom is -0.481 e. The smallest absolute Gasteiger partial charge is 0.313 e. The summed E-state index contributed by atoms with van der Waals surface area (Å²) >= 11 is 0. The number of carboxylic acids is 1. The zero-order valence-corrected chi connectivity index (χ0v) is 29.0. The van der Waals surface area contributed by atoms with Crippen molar-refractivity contribution in [2.45, 2.75) is 111 Å². The van der Waals surface area contributed by atoms with Gasteiger partial charge >= 0.3 is 17.9 Å². The lowest BCUT2D eigenvalue weighted by atomic mass is 9.76. The van der Waals surface area contributed by atoms with Crippen LogP contribution in [0.4, 0.5) is 0 Å². The molecule has 9 nitrogen and oxygen atoms in total. The van der Waals surface area contributed by atoms with Crippen LogP contribution in [0.25, 0.3) is 0 Å². The molecule has 0 bridgehead atoms. The Bertz CT molecular complexity index is 1190. The summed E-state index contributed by atoms with van der Waals surface area (Å²) in [7, 11) is -5.40. The van der Waals surface area contributed by atoms with E-state index in [1.54, 1.807) is 31.2 Å². The van der Waals surface area contributed by atoms with Crippen molar-refractivity contribution in [3.05, 3.63) is 35.4 Å². The first kappa shape index (κ1) is 37.8. The van der Waals surface area contributed by atoms with Crippen molar-refractivity contribution >= 4 is 36.1 Å². The predicted molar refractivity (Wildman–Crippen MR) is 167 cm³/mol. The summed E-state index contributed by atoms with van der Waals surface area (Å²) in [5, 5.41) is 10.2. The van der Waals surface area contributed by atoms with Crippen LogP contribution in [0.2, 0.25) is 18.1 Å². The number of hydrogen-bond acceptors (Lipinski definition) is 8. The van der Waals surface area contributed by atoms with E-state index in [0.717, 1.165) is 5.56 Å². The number of aliphatic carboxylic acids is 1. The molecule has 0 aliphatic carbocycles.